The molecule has 0 spiro atoms. The van der Waals surface area contributed by atoms with Gasteiger partial charge in [0.05, 0.1) is 12.2 Å². The number of nitrogens with zero attached hydrogens (tertiary/aromatic N) is 1. The first kappa shape index (κ1) is 11.0. The van der Waals surface area contributed by atoms with Crippen molar-refractivity contribution in [2.75, 3.05) is 0 Å². The van der Waals surface area contributed by atoms with Gasteiger partial charge in [0.15, 0.2) is 0 Å². The fourth-order valence-electron chi connectivity index (χ4n) is 0.424. The maximum atomic E-state index is 10.3. The van der Waals surface area contributed by atoms with Crippen molar-refractivity contribution in [1.82, 2.24) is 5.00 Å². The van der Waals surface area contributed by atoms with Gasteiger partial charge in [-0.15, -0.1) is 0 Å². The van der Waals surface area contributed by atoms with E-state index in [1.165, 1.54) is 0 Å². The van der Waals surface area contributed by atoms with Gasteiger partial charge in [-0.1, -0.05) is 0 Å². The standard InChI is InChI=1S/C6H14NO3P/c1-5(2)9-7(11-8)10-6(3)4/h5-6H,1-4H3. The third-order valence-corrected chi connectivity index (χ3v) is 0.991. The molecule has 0 amide bonds. The molecule has 5 heteroatoms. The Morgan fingerprint density at radius 1 is 1.09 bits per heavy atom. The smallest absolute Gasteiger partial charge is 0.261 e. The van der Waals surface area contributed by atoms with E-state index < -0.39 is 0 Å². The van der Waals surface area contributed by atoms with E-state index in [1.807, 2.05) is 27.7 Å². The Bertz CT molecular complexity index is 108. The van der Waals surface area contributed by atoms with Crippen molar-refractivity contribution in [1.29, 1.82) is 0 Å². The Kier molecular flexibility index (Phi) is 5.60. The second kappa shape index (κ2) is 5.61. The zero-order chi connectivity index (χ0) is 8.85. The average molecular weight is 179 g/mol. The quantitative estimate of drug-likeness (QED) is 0.479. The Balaban J connectivity index is 3.67. The van der Waals surface area contributed by atoms with Gasteiger partial charge in [-0.05, 0) is 27.7 Å². The minimum Gasteiger partial charge on any atom is -0.261 e. The summed E-state index contributed by atoms with van der Waals surface area (Å²) < 4.78 is 10.3. The molecule has 0 unspecified atom stereocenters. The fourth-order valence-corrected chi connectivity index (χ4v) is 0.878. The number of hydrogen-bond donors (Lipinski definition) is 0. The van der Waals surface area contributed by atoms with Gasteiger partial charge in [0.25, 0.3) is 0 Å². The first-order valence-corrected chi connectivity index (χ1v) is 4.29. The van der Waals surface area contributed by atoms with Crippen LogP contribution in [0.2, 0.25) is 0 Å². The van der Waals surface area contributed by atoms with Gasteiger partial charge in [0, 0.05) is 5.00 Å². The molecule has 0 aliphatic heterocycles. The summed E-state index contributed by atoms with van der Waals surface area (Å²) in [7, 11) is -0.281. The predicted molar refractivity (Wildman–Crippen MR) is 41.9 cm³/mol. The van der Waals surface area contributed by atoms with E-state index in [1.54, 1.807) is 0 Å². The molecule has 0 fully saturated rings. The zero-order valence-corrected chi connectivity index (χ0v) is 8.17. The van der Waals surface area contributed by atoms with Gasteiger partial charge < -0.3 is 0 Å². The van der Waals surface area contributed by atoms with E-state index in [0.29, 0.717) is 0 Å². The summed E-state index contributed by atoms with van der Waals surface area (Å²) in [5.41, 5.74) is 0. The predicted octanol–water partition coefficient (Wildman–Crippen LogP) is 2.18. The van der Waals surface area contributed by atoms with Crippen LogP contribution in [0.4, 0.5) is 0 Å². The molecule has 0 rings (SSSR count). The highest BCUT2D eigenvalue weighted by Crippen LogP contribution is 2.11. The van der Waals surface area contributed by atoms with Crippen LogP contribution >= 0.6 is 8.61 Å². The van der Waals surface area contributed by atoms with Crippen molar-refractivity contribution >= 4 is 8.61 Å². The van der Waals surface area contributed by atoms with Gasteiger partial charge in [-0.2, -0.15) is 0 Å². The lowest BCUT2D eigenvalue weighted by atomic mass is 10.5. The second-order valence-electron chi connectivity index (χ2n) is 2.63. The second-order valence-corrected chi connectivity index (χ2v) is 3.12. The highest BCUT2D eigenvalue weighted by Gasteiger charge is 2.09. The Labute approximate surface area is 68.6 Å². The van der Waals surface area contributed by atoms with Crippen LogP contribution < -0.4 is 0 Å². The zero-order valence-electron chi connectivity index (χ0n) is 7.27. The highest BCUT2D eigenvalue weighted by atomic mass is 31.1. The summed E-state index contributed by atoms with van der Waals surface area (Å²) in [6, 6.07) is 0. The summed E-state index contributed by atoms with van der Waals surface area (Å²) in [5, 5.41) is 0. The first-order valence-electron chi connectivity index (χ1n) is 3.53. The molecule has 0 saturated carbocycles. The normalized spacial score (nSPS) is 12.3. The maximum absolute atomic E-state index is 10.3. The van der Waals surface area contributed by atoms with Gasteiger partial charge in [0.2, 0.25) is 0 Å². The van der Waals surface area contributed by atoms with Crippen molar-refractivity contribution in [3.05, 3.63) is 0 Å². The van der Waals surface area contributed by atoms with E-state index >= 15 is 0 Å². The van der Waals surface area contributed by atoms with Crippen molar-refractivity contribution in [2.45, 2.75) is 39.9 Å². The molecular formula is C6H14NO3P. The van der Waals surface area contributed by atoms with Gasteiger partial charge >= 0.3 is 8.61 Å². The maximum Gasteiger partial charge on any atom is 0.303 e. The molecule has 0 aliphatic carbocycles. The Hall–Kier alpha value is -0.0200. The molecule has 0 bridgehead atoms. The minimum atomic E-state index is -0.281. The minimum absolute atomic E-state index is 0.0322. The highest BCUT2D eigenvalue weighted by molar-refractivity contribution is 7.20. The SMILES string of the molecule is CC(C)ON(OC(C)C)P=O. The lowest BCUT2D eigenvalue weighted by Crippen LogP contribution is -2.22. The molecule has 0 aliphatic rings. The lowest BCUT2D eigenvalue weighted by molar-refractivity contribution is -0.328. The summed E-state index contributed by atoms with van der Waals surface area (Å²) >= 11 is 0. The third-order valence-electron chi connectivity index (χ3n) is 0.669. The van der Waals surface area contributed by atoms with E-state index in [9.17, 15) is 4.57 Å². The summed E-state index contributed by atoms with van der Waals surface area (Å²) in [4.78, 5) is 10.9. The van der Waals surface area contributed by atoms with Crippen molar-refractivity contribution in [3.63, 3.8) is 0 Å². The molecule has 0 radical (unpaired) electrons. The van der Waals surface area contributed by atoms with Crippen LogP contribution in [0.5, 0.6) is 0 Å². The molecule has 0 saturated heterocycles. The van der Waals surface area contributed by atoms with E-state index in [2.05, 4.69) is 0 Å². The molecule has 0 heterocycles. The Morgan fingerprint density at radius 3 is 1.64 bits per heavy atom. The Morgan fingerprint density at radius 2 is 1.45 bits per heavy atom. The first-order chi connectivity index (χ1) is 5.06. The van der Waals surface area contributed by atoms with Crippen molar-refractivity contribution < 1.29 is 14.2 Å². The molecule has 0 aromatic rings. The monoisotopic (exact) mass is 179 g/mol. The lowest BCUT2D eigenvalue weighted by Gasteiger charge is -2.17. The largest absolute Gasteiger partial charge is 0.303 e. The van der Waals surface area contributed by atoms with Crippen molar-refractivity contribution in [3.8, 4) is 0 Å². The van der Waals surface area contributed by atoms with E-state index in [-0.39, 0.29) is 20.8 Å². The van der Waals surface area contributed by atoms with Crippen LogP contribution in [0.3, 0.4) is 0 Å². The summed E-state index contributed by atoms with van der Waals surface area (Å²) in [6.07, 6.45) is -0.0644. The van der Waals surface area contributed by atoms with E-state index in [0.717, 1.165) is 5.00 Å². The summed E-state index contributed by atoms with van der Waals surface area (Å²) in [6.45, 7) is 7.34. The molecule has 0 N–H and O–H groups in total. The average Bonchev–Trinajstić information content (AvgIpc) is 1.84. The molecule has 0 aromatic carbocycles. The van der Waals surface area contributed by atoms with E-state index in [4.69, 9.17) is 9.68 Å². The summed E-state index contributed by atoms with van der Waals surface area (Å²) in [5.74, 6) is 0. The topological polar surface area (TPSA) is 38.8 Å². The molecule has 0 atom stereocenters. The van der Waals surface area contributed by atoms with Gasteiger partial charge in [0.1, 0.15) is 0 Å². The van der Waals surface area contributed by atoms with Crippen molar-refractivity contribution in [2.24, 2.45) is 0 Å². The number of rotatable bonds is 5. The van der Waals surface area contributed by atoms with Crippen LogP contribution in [0.15, 0.2) is 0 Å². The number of hydrogen-bond acceptors (Lipinski definition) is 3. The van der Waals surface area contributed by atoms with Crippen LogP contribution in [0.1, 0.15) is 27.7 Å². The fraction of sp³-hybridized carbons (Fsp3) is 1.00. The molecule has 11 heavy (non-hydrogen) atoms. The van der Waals surface area contributed by atoms with Gasteiger partial charge in [-0.25, -0.2) is 0 Å². The molecule has 4 nitrogen and oxygen atoms in total. The molecular weight excluding hydrogens is 165 g/mol. The van der Waals surface area contributed by atoms with Crippen LogP contribution in [-0.4, -0.2) is 17.2 Å². The van der Waals surface area contributed by atoms with Gasteiger partial charge in [-0.3, -0.25) is 14.2 Å². The molecule has 66 valence electrons. The third kappa shape index (κ3) is 6.38. The van der Waals surface area contributed by atoms with Crippen LogP contribution in [0.25, 0.3) is 0 Å². The van der Waals surface area contributed by atoms with Crippen LogP contribution in [0, 0.1) is 0 Å². The molecule has 0 aromatic heterocycles. The van der Waals surface area contributed by atoms with Crippen LogP contribution in [-0.2, 0) is 14.2 Å².